The molecular weight excluding hydrogens is 202 g/mol. The summed E-state index contributed by atoms with van der Waals surface area (Å²) in [7, 11) is 2.06. The second-order valence-electron chi connectivity index (χ2n) is 3.78. The van der Waals surface area contributed by atoms with Crippen LogP contribution in [0.2, 0.25) is 0 Å². The smallest absolute Gasteiger partial charge is 0.137 e. The number of hydrogen-bond donors (Lipinski definition) is 0. The van der Waals surface area contributed by atoms with Gasteiger partial charge >= 0.3 is 0 Å². The van der Waals surface area contributed by atoms with Crippen LogP contribution in [-0.4, -0.2) is 46.4 Å². The molecule has 1 unspecified atom stereocenters. The molecule has 4 heteroatoms. The minimum atomic E-state index is 0.165. The van der Waals surface area contributed by atoms with Crippen molar-refractivity contribution in [1.29, 1.82) is 0 Å². The van der Waals surface area contributed by atoms with Crippen LogP contribution in [0.4, 0.5) is 0 Å². The van der Waals surface area contributed by atoms with Crippen molar-refractivity contribution in [1.82, 2.24) is 4.90 Å². The van der Waals surface area contributed by atoms with Gasteiger partial charge in [-0.05, 0) is 31.4 Å². The van der Waals surface area contributed by atoms with E-state index < -0.39 is 0 Å². The second-order valence-corrected chi connectivity index (χ2v) is 7.00. The van der Waals surface area contributed by atoms with Gasteiger partial charge in [0.05, 0.1) is 10.1 Å². The third-order valence-corrected chi connectivity index (χ3v) is 6.09. The summed E-state index contributed by atoms with van der Waals surface area (Å²) in [5.41, 5.74) is 0. The number of nitrogens with zero attached hydrogens (tertiary/aromatic N) is 1. The maximum absolute atomic E-state index is 10.8. The number of hydrogen-bond acceptors (Lipinski definition) is 4. The summed E-state index contributed by atoms with van der Waals surface area (Å²) in [5.74, 6) is 2.54. The predicted molar refractivity (Wildman–Crippen MR) is 59.4 cm³/mol. The van der Waals surface area contributed by atoms with Crippen molar-refractivity contribution in [2.24, 2.45) is 0 Å². The fourth-order valence-electron chi connectivity index (χ4n) is 2.01. The number of likely N-dealkylation sites (N-methyl/N-ethyl adjacent to an activating group) is 1. The van der Waals surface area contributed by atoms with E-state index >= 15 is 0 Å². The largest absolute Gasteiger partial charge is 0.302 e. The molecule has 2 aliphatic rings. The molecule has 0 bridgehead atoms. The molecule has 0 aliphatic carbocycles. The molecule has 0 aromatic rings. The second kappa shape index (κ2) is 3.83. The Kier molecular flexibility index (Phi) is 2.91. The predicted octanol–water partition coefficient (Wildman–Crippen LogP) is 1.46. The van der Waals surface area contributed by atoms with E-state index in [1.165, 1.54) is 17.9 Å². The Morgan fingerprint density at radius 3 is 2.69 bits per heavy atom. The lowest BCUT2D eigenvalue weighted by Gasteiger charge is -2.31. The Bertz CT molecular complexity index is 204. The lowest BCUT2D eigenvalue weighted by molar-refractivity contribution is -0.111. The number of likely N-dealkylation sites (tertiary alicyclic amines) is 1. The molecule has 13 heavy (non-hydrogen) atoms. The highest BCUT2D eigenvalue weighted by molar-refractivity contribution is 8.18. The summed E-state index contributed by atoms with van der Waals surface area (Å²) in [6, 6.07) is 0.165. The molecule has 0 aromatic heterocycles. The Balaban J connectivity index is 2.04. The SMILES string of the molecule is CN1CC2(CC1C=O)SCCCS2. The number of rotatable bonds is 1. The van der Waals surface area contributed by atoms with Crippen LogP contribution in [0.15, 0.2) is 0 Å². The van der Waals surface area contributed by atoms with Crippen LogP contribution in [0.5, 0.6) is 0 Å². The normalized spacial score (nSPS) is 33.8. The van der Waals surface area contributed by atoms with Crippen LogP contribution < -0.4 is 0 Å². The third-order valence-electron chi connectivity index (χ3n) is 2.75. The average molecular weight is 217 g/mol. The van der Waals surface area contributed by atoms with Gasteiger partial charge in [-0.1, -0.05) is 0 Å². The quantitative estimate of drug-likeness (QED) is 0.619. The summed E-state index contributed by atoms with van der Waals surface area (Å²) in [5, 5.41) is 0. The zero-order valence-electron chi connectivity index (χ0n) is 7.86. The van der Waals surface area contributed by atoms with Gasteiger partial charge in [0, 0.05) is 6.54 Å². The maximum atomic E-state index is 10.8. The average Bonchev–Trinajstić information content (AvgIpc) is 2.44. The topological polar surface area (TPSA) is 20.3 Å². The minimum Gasteiger partial charge on any atom is -0.302 e. The van der Waals surface area contributed by atoms with Crippen LogP contribution in [-0.2, 0) is 4.79 Å². The number of carbonyl (C=O) groups excluding carboxylic acids is 1. The summed E-state index contributed by atoms with van der Waals surface area (Å²) in [6.45, 7) is 1.08. The van der Waals surface area contributed by atoms with Crippen LogP contribution >= 0.6 is 23.5 Å². The monoisotopic (exact) mass is 217 g/mol. The molecule has 1 spiro atoms. The molecule has 74 valence electrons. The molecular formula is C9H15NOS2. The fourth-order valence-corrected chi connectivity index (χ4v) is 5.52. The van der Waals surface area contributed by atoms with E-state index in [4.69, 9.17) is 0 Å². The van der Waals surface area contributed by atoms with Crippen LogP contribution in [0, 0.1) is 0 Å². The minimum absolute atomic E-state index is 0.165. The lowest BCUT2D eigenvalue weighted by atomic mass is 10.2. The fraction of sp³-hybridized carbons (Fsp3) is 0.889. The Morgan fingerprint density at radius 2 is 2.15 bits per heavy atom. The first-order chi connectivity index (χ1) is 6.26. The zero-order valence-corrected chi connectivity index (χ0v) is 9.50. The first-order valence-electron chi connectivity index (χ1n) is 4.69. The van der Waals surface area contributed by atoms with Gasteiger partial charge in [-0.3, -0.25) is 4.90 Å². The highest BCUT2D eigenvalue weighted by atomic mass is 32.2. The summed E-state index contributed by atoms with van der Waals surface area (Å²) >= 11 is 4.12. The van der Waals surface area contributed by atoms with Gasteiger partial charge in [-0.2, -0.15) is 0 Å². The third kappa shape index (κ3) is 1.90. The van der Waals surface area contributed by atoms with E-state index in [0.29, 0.717) is 4.08 Å². The summed E-state index contributed by atoms with van der Waals surface area (Å²) < 4.78 is 0.346. The number of aldehydes is 1. The highest BCUT2D eigenvalue weighted by Gasteiger charge is 2.44. The van der Waals surface area contributed by atoms with Gasteiger partial charge in [0.1, 0.15) is 6.29 Å². The lowest BCUT2D eigenvalue weighted by Crippen LogP contribution is -2.29. The van der Waals surface area contributed by atoms with E-state index in [0.717, 1.165) is 19.3 Å². The molecule has 1 atom stereocenters. The van der Waals surface area contributed by atoms with Crippen molar-refractivity contribution < 1.29 is 4.79 Å². The van der Waals surface area contributed by atoms with Gasteiger partial charge in [0.2, 0.25) is 0 Å². The molecule has 0 radical (unpaired) electrons. The van der Waals surface area contributed by atoms with Crippen molar-refractivity contribution in [3.63, 3.8) is 0 Å². The van der Waals surface area contributed by atoms with Gasteiger partial charge in [-0.25, -0.2) is 0 Å². The Labute approximate surface area is 87.8 Å². The van der Waals surface area contributed by atoms with Crippen LogP contribution in [0.3, 0.4) is 0 Å². The molecule has 0 amide bonds. The molecule has 0 aromatic carbocycles. The standard InChI is InChI=1S/C9H15NOS2/c1-10-7-9(5-8(10)6-11)12-3-2-4-13-9/h6,8H,2-5,7H2,1H3. The van der Waals surface area contributed by atoms with Gasteiger partial charge in [-0.15, -0.1) is 23.5 Å². The summed E-state index contributed by atoms with van der Waals surface area (Å²) in [4.78, 5) is 13.0. The van der Waals surface area contributed by atoms with E-state index in [1.54, 1.807) is 0 Å². The van der Waals surface area contributed by atoms with Gasteiger partial charge in [0.15, 0.2) is 0 Å². The Hall–Kier alpha value is 0.330. The van der Waals surface area contributed by atoms with Crippen LogP contribution in [0.25, 0.3) is 0 Å². The Morgan fingerprint density at radius 1 is 1.46 bits per heavy atom. The van der Waals surface area contributed by atoms with Crippen molar-refractivity contribution in [2.45, 2.75) is 23.0 Å². The first-order valence-corrected chi connectivity index (χ1v) is 6.66. The van der Waals surface area contributed by atoms with E-state index in [1.807, 2.05) is 0 Å². The van der Waals surface area contributed by atoms with Crippen molar-refractivity contribution in [3.05, 3.63) is 0 Å². The molecule has 0 saturated carbocycles. The van der Waals surface area contributed by atoms with E-state index in [2.05, 4.69) is 35.5 Å². The highest BCUT2D eigenvalue weighted by Crippen LogP contribution is 2.49. The zero-order chi connectivity index (χ0) is 9.31. The molecule has 0 N–H and O–H groups in total. The van der Waals surface area contributed by atoms with E-state index in [9.17, 15) is 4.79 Å². The molecule has 2 nitrogen and oxygen atoms in total. The first kappa shape index (κ1) is 9.87. The number of thioether (sulfide) groups is 2. The molecule has 2 aliphatic heterocycles. The van der Waals surface area contributed by atoms with Crippen LogP contribution in [0.1, 0.15) is 12.8 Å². The van der Waals surface area contributed by atoms with Crippen molar-refractivity contribution >= 4 is 29.8 Å². The van der Waals surface area contributed by atoms with Gasteiger partial charge < -0.3 is 4.79 Å². The van der Waals surface area contributed by atoms with Gasteiger partial charge in [0.25, 0.3) is 0 Å². The molecule has 2 heterocycles. The summed E-state index contributed by atoms with van der Waals surface area (Å²) in [6.07, 6.45) is 3.47. The molecule has 2 fully saturated rings. The van der Waals surface area contributed by atoms with Crippen molar-refractivity contribution in [2.75, 3.05) is 25.1 Å². The molecule has 2 rings (SSSR count). The maximum Gasteiger partial charge on any atom is 0.137 e. The van der Waals surface area contributed by atoms with E-state index in [-0.39, 0.29) is 6.04 Å². The molecule has 2 saturated heterocycles. The number of carbonyl (C=O) groups is 1. The van der Waals surface area contributed by atoms with Crippen molar-refractivity contribution in [3.8, 4) is 0 Å².